The van der Waals surface area contributed by atoms with Crippen molar-refractivity contribution in [2.24, 2.45) is 0 Å². The van der Waals surface area contributed by atoms with Crippen molar-refractivity contribution in [3.8, 4) is 0 Å². The van der Waals surface area contributed by atoms with Gasteiger partial charge >= 0.3 is 0 Å². The summed E-state index contributed by atoms with van der Waals surface area (Å²) in [6, 6.07) is 19.7. The van der Waals surface area contributed by atoms with Gasteiger partial charge in [0.2, 0.25) is 0 Å². The highest BCUT2D eigenvalue weighted by Gasteiger charge is 2.11. The molecule has 0 saturated carbocycles. The third-order valence-electron chi connectivity index (χ3n) is 3.77. The predicted molar refractivity (Wildman–Crippen MR) is 88.1 cm³/mol. The summed E-state index contributed by atoms with van der Waals surface area (Å²) in [6.07, 6.45) is 5.03. The lowest BCUT2D eigenvalue weighted by Gasteiger charge is -2.21. The van der Waals surface area contributed by atoms with Gasteiger partial charge < -0.3 is 5.32 Å². The molecule has 0 fully saturated rings. The predicted octanol–water partition coefficient (Wildman–Crippen LogP) is 5.73. The highest BCUT2D eigenvalue weighted by Crippen LogP contribution is 2.26. The fourth-order valence-corrected chi connectivity index (χ4v) is 2.53. The van der Waals surface area contributed by atoms with Gasteiger partial charge in [0.15, 0.2) is 0 Å². The van der Waals surface area contributed by atoms with Gasteiger partial charge in [-0.1, -0.05) is 74.7 Å². The van der Waals surface area contributed by atoms with Crippen LogP contribution in [0.4, 0.5) is 5.69 Å². The summed E-state index contributed by atoms with van der Waals surface area (Å²) in [5.41, 5.74) is 3.94. The van der Waals surface area contributed by atoms with Gasteiger partial charge in [-0.25, -0.2) is 0 Å². The summed E-state index contributed by atoms with van der Waals surface area (Å²) in [6.45, 7) is 4.42. The summed E-state index contributed by atoms with van der Waals surface area (Å²) < 4.78 is 0. The van der Waals surface area contributed by atoms with Crippen molar-refractivity contribution in [3.63, 3.8) is 0 Å². The zero-order valence-electron chi connectivity index (χ0n) is 12.6. The lowest BCUT2D eigenvalue weighted by molar-refractivity contribution is 0.606. The van der Waals surface area contributed by atoms with Crippen LogP contribution in [-0.4, -0.2) is 0 Å². The standard InChI is InChI=1S/C19H25N/c1-3-4-6-15-19(17-12-7-5-8-13-17)20-18-14-10-9-11-16(18)2/h5,7-14,19-20H,3-4,6,15H2,1-2H3. The van der Waals surface area contributed by atoms with E-state index >= 15 is 0 Å². The van der Waals surface area contributed by atoms with Crippen molar-refractivity contribution >= 4 is 5.69 Å². The average molecular weight is 267 g/mol. The van der Waals surface area contributed by atoms with Crippen LogP contribution in [0.2, 0.25) is 0 Å². The number of nitrogens with one attached hydrogen (secondary N) is 1. The summed E-state index contributed by atoms with van der Waals surface area (Å²) in [4.78, 5) is 0. The maximum absolute atomic E-state index is 3.72. The molecule has 0 bridgehead atoms. The minimum atomic E-state index is 0.406. The fraction of sp³-hybridized carbons (Fsp3) is 0.368. The van der Waals surface area contributed by atoms with E-state index in [4.69, 9.17) is 0 Å². The maximum Gasteiger partial charge on any atom is 0.0513 e. The molecule has 2 aromatic carbocycles. The molecule has 1 atom stereocenters. The first-order valence-corrected chi connectivity index (χ1v) is 7.68. The first-order chi connectivity index (χ1) is 9.81. The van der Waals surface area contributed by atoms with Crippen molar-refractivity contribution < 1.29 is 0 Å². The molecule has 106 valence electrons. The number of unbranched alkanes of at least 4 members (excludes halogenated alkanes) is 2. The van der Waals surface area contributed by atoms with E-state index in [0.29, 0.717) is 6.04 Å². The minimum Gasteiger partial charge on any atom is -0.378 e. The number of benzene rings is 2. The average Bonchev–Trinajstić information content (AvgIpc) is 2.49. The molecule has 0 radical (unpaired) electrons. The SMILES string of the molecule is CCCCCC(Nc1ccccc1C)c1ccccc1. The van der Waals surface area contributed by atoms with Crippen LogP contribution >= 0.6 is 0 Å². The highest BCUT2D eigenvalue weighted by atomic mass is 14.9. The van der Waals surface area contributed by atoms with E-state index in [-0.39, 0.29) is 0 Å². The van der Waals surface area contributed by atoms with E-state index in [1.165, 1.54) is 42.5 Å². The minimum absolute atomic E-state index is 0.406. The molecule has 2 rings (SSSR count). The van der Waals surface area contributed by atoms with Gasteiger partial charge in [0.25, 0.3) is 0 Å². The quantitative estimate of drug-likeness (QED) is 0.632. The van der Waals surface area contributed by atoms with Gasteiger partial charge in [-0.15, -0.1) is 0 Å². The molecule has 0 aliphatic carbocycles. The summed E-state index contributed by atoms with van der Waals surface area (Å²) >= 11 is 0. The lowest BCUT2D eigenvalue weighted by atomic mass is 9.99. The first-order valence-electron chi connectivity index (χ1n) is 7.68. The molecule has 0 saturated heterocycles. The molecular weight excluding hydrogens is 242 g/mol. The van der Waals surface area contributed by atoms with E-state index in [0.717, 1.165) is 0 Å². The lowest BCUT2D eigenvalue weighted by Crippen LogP contribution is -2.11. The van der Waals surface area contributed by atoms with Crippen molar-refractivity contribution in [2.75, 3.05) is 5.32 Å². The van der Waals surface area contributed by atoms with Gasteiger partial charge in [0.1, 0.15) is 0 Å². The first kappa shape index (κ1) is 14.6. The molecule has 20 heavy (non-hydrogen) atoms. The Bertz CT molecular complexity index is 504. The topological polar surface area (TPSA) is 12.0 Å². The molecule has 1 N–H and O–H groups in total. The number of para-hydroxylation sites is 1. The van der Waals surface area contributed by atoms with Crippen LogP contribution in [0, 0.1) is 6.92 Å². The molecule has 1 unspecified atom stereocenters. The molecule has 0 spiro atoms. The van der Waals surface area contributed by atoms with E-state index in [9.17, 15) is 0 Å². The van der Waals surface area contributed by atoms with Gasteiger partial charge in [-0.05, 0) is 30.5 Å². The second-order valence-corrected chi connectivity index (χ2v) is 5.42. The van der Waals surface area contributed by atoms with Crippen LogP contribution in [0.3, 0.4) is 0 Å². The Balaban J connectivity index is 2.12. The van der Waals surface area contributed by atoms with Crippen molar-refractivity contribution in [3.05, 3.63) is 65.7 Å². The van der Waals surface area contributed by atoms with E-state index in [2.05, 4.69) is 73.8 Å². The molecule has 0 aliphatic rings. The molecule has 0 aliphatic heterocycles. The van der Waals surface area contributed by atoms with Gasteiger partial charge in [0, 0.05) is 5.69 Å². The maximum atomic E-state index is 3.72. The summed E-state index contributed by atoms with van der Waals surface area (Å²) in [7, 11) is 0. The van der Waals surface area contributed by atoms with Crippen LogP contribution in [0.5, 0.6) is 0 Å². The Hall–Kier alpha value is -1.76. The summed E-state index contributed by atoms with van der Waals surface area (Å²) in [5, 5.41) is 3.72. The molecule has 2 aromatic rings. The fourth-order valence-electron chi connectivity index (χ4n) is 2.53. The molecule has 1 nitrogen and oxygen atoms in total. The van der Waals surface area contributed by atoms with E-state index in [1.807, 2.05) is 0 Å². The molecule has 0 heterocycles. The van der Waals surface area contributed by atoms with Crippen molar-refractivity contribution in [1.82, 2.24) is 0 Å². The Kier molecular flexibility index (Phi) is 5.67. The third-order valence-corrected chi connectivity index (χ3v) is 3.77. The van der Waals surface area contributed by atoms with Crippen LogP contribution in [-0.2, 0) is 0 Å². The number of hydrogen-bond acceptors (Lipinski definition) is 1. The zero-order valence-corrected chi connectivity index (χ0v) is 12.6. The Morgan fingerprint density at radius 1 is 0.900 bits per heavy atom. The zero-order chi connectivity index (χ0) is 14.2. The van der Waals surface area contributed by atoms with Crippen LogP contribution in [0.25, 0.3) is 0 Å². The van der Waals surface area contributed by atoms with Crippen molar-refractivity contribution in [1.29, 1.82) is 0 Å². The van der Waals surface area contributed by atoms with Gasteiger partial charge in [-0.2, -0.15) is 0 Å². The Labute approximate surface area is 123 Å². The monoisotopic (exact) mass is 267 g/mol. The highest BCUT2D eigenvalue weighted by molar-refractivity contribution is 5.51. The number of rotatable bonds is 7. The van der Waals surface area contributed by atoms with Crippen LogP contribution < -0.4 is 5.32 Å². The normalized spacial score (nSPS) is 12.1. The smallest absolute Gasteiger partial charge is 0.0513 e. The third kappa shape index (κ3) is 4.12. The van der Waals surface area contributed by atoms with E-state index in [1.54, 1.807) is 0 Å². The molecule has 0 amide bonds. The second-order valence-electron chi connectivity index (χ2n) is 5.42. The molecule has 1 heteroatoms. The summed E-state index contributed by atoms with van der Waals surface area (Å²) in [5.74, 6) is 0. The van der Waals surface area contributed by atoms with Crippen LogP contribution in [0.1, 0.15) is 49.8 Å². The van der Waals surface area contributed by atoms with Gasteiger partial charge in [0.05, 0.1) is 6.04 Å². The van der Waals surface area contributed by atoms with Gasteiger partial charge in [-0.3, -0.25) is 0 Å². The largest absolute Gasteiger partial charge is 0.378 e. The number of aryl methyl sites for hydroxylation is 1. The van der Waals surface area contributed by atoms with Crippen LogP contribution in [0.15, 0.2) is 54.6 Å². The Morgan fingerprint density at radius 2 is 1.60 bits per heavy atom. The number of anilines is 1. The number of hydrogen-bond donors (Lipinski definition) is 1. The van der Waals surface area contributed by atoms with E-state index < -0.39 is 0 Å². The Morgan fingerprint density at radius 3 is 2.30 bits per heavy atom. The second kappa shape index (κ2) is 7.74. The molecule has 0 aromatic heterocycles. The molecular formula is C19H25N. The van der Waals surface area contributed by atoms with Crippen molar-refractivity contribution in [2.45, 2.75) is 45.6 Å².